The van der Waals surface area contributed by atoms with Crippen LogP contribution in [0.15, 0.2) is 59.7 Å². The van der Waals surface area contributed by atoms with E-state index in [1.54, 1.807) is 0 Å². The van der Waals surface area contributed by atoms with Crippen LogP contribution in [0.1, 0.15) is 18.9 Å². The molecule has 0 saturated heterocycles. The molecule has 0 aromatic heterocycles. The van der Waals surface area contributed by atoms with E-state index in [4.69, 9.17) is 27.9 Å². The normalized spacial score (nSPS) is 20.2. The number of fused-ring (bicyclic) bond motifs is 1. The van der Waals surface area contributed by atoms with Gasteiger partial charge in [0.1, 0.15) is 5.75 Å². The zero-order chi connectivity index (χ0) is 17.0. The first kappa shape index (κ1) is 17.3. The number of halogens is 2. The van der Waals surface area contributed by atoms with Crippen LogP contribution in [0.25, 0.3) is 10.8 Å². The summed E-state index contributed by atoms with van der Waals surface area (Å²) in [6.45, 7) is 4.02. The largest absolute Gasteiger partial charge is 0.494 e. The number of allylic oxidation sites excluding steroid dienone is 3. The maximum Gasteiger partial charge on any atom is 0.124 e. The van der Waals surface area contributed by atoms with Gasteiger partial charge in [0, 0.05) is 23.7 Å². The van der Waals surface area contributed by atoms with Gasteiger partial charge in [-0.15, -0.1) is 11.6 Å². The van der Waals surface area contributed by atoms with Crippen molar-refractivity contribution in [2.24, 2.45) is 0 Å². The minimum atomic E-state index is -0.422. The van der Waals surface area contributed by atoms with E-state index in [9.17, 15) is 0 Å². The first-order valence-corrected chi connectivity index (χ1v) is 8.95. The lowest BCUT2D eigenvalue weighted by molar-refractivity contribution is 0.336. The quantitative estimate of drug-likeness (QED) is 0.696. The highest BCUT2D eigenvalue weighted by Crippen LogP contribution is 2.30. The fourth-order valence-corrected chi connectivity index (χ4v) is 3.32. The van der Waals surface area contributed by atoms with E-state index in [1.165, 1.54) is 16.3 Å². The molecule has 1 aliphatic carbocycles. The standard InChI is InChI=1S/C20H21Cl2NO/c1-2-24-19-8-7-15-5-3-4-6-17(15)18(19)13-23-14-20(22)11-9-16(21)10-12-20/h3-11,23H,2,12-14H2,1H3. The van der Waals surface area contributed by atoms with Crippen LogP contribution in [0, 0.1) is 0 Å². The van der Waals surface area contributed by atoms with Gasteiger partial charge < -0.3 is 10.1 Å². The highest BCUT2D eigenvalue weighted by Gasteiger charge is 2.25. The molecular formula is C20H21Cl2NO. The maximum absolute atomic E-state index is 6.64. The number of hydrogen-bond donors (Lipinski definition) is 1. The molecule has 4 heteroatoms. The van der Waals surface area contributed by atoms with Crippen molar-refractivity contribution in [2.45, 2.75) is 24.8 Å². The predicted molar refractivity (Wildman–Crippen MR) is 103 cm³/mol. The minimum Gasteiger partial charge on any atom is -0.494 e. The Balaban J connectivity index is 1.77. The van der Waals surface area contributed by atoms with Crippen LogP contribution in [0.5, 0.6) is 5.75 Å². The fraction of sp³-hybridized carbons (Fsp3) is 0.300. The molecular weight excluding hydrogens is 341 g/mol. The molecule has 1 atom stereocenters. The topological polar surface area (TPSA) is 21.3 Å². The van der Waals surface area contributed by atoms with E-state index in [2.05, 4.69) is 35.6 Å². The van der Waals surface area contributed by atoms with Crippen molar-refractivity contribution in [3.63, 3.8) is 0 Å². The van der Waals surface area contributed by atoms with Gasteiger partial charge in [-0.2, -0.15) is 0 Å². The number of hydrogen-bond acceptors (Lipinski definition) is 2. The molecule has 0 fully saturated rings. The van der Waals surface area contributed by atoms with Gasteiger partial charge in [0.15, 0.2) is 0 Å². The smallest absolute Gasteiger partial charge is 0.124 e. The third kappa shape index (κ3) is 3.94. The molecule has 0 bridgehead atoms. The lowest BCUT2D eigenvalue weighted by Gasteiger charge is -2.25. The second-order valence-electron chi connectivity index (χ2n) is 5.96. The summed E-state index contributed by atoms with van der Waals surface area (Å²) in [6, 6.07) is 12.5. The number of ether oxygens (including phenoxy) is 1. The highest BCUT2D eigenvalue weighted by molar-refractivity contribution is 6.32. The highest BCUT2D eigenvalue weighted by atomic mass is 35.5. The van der Waals surface area contributed by atoms with Gasteiger partial charge in [0.2, 0.25) is 0 Å². The van der Waals surface area contributed by atoms with Gasteiger partial charge in [0.05, 0.1) is 11.5 Å². The summed E-state index contributed by atoms with van der Waals surface area (Å²) in [6.07, 6.45) is 6.52. The van der Waals surface area contributed by atoms with Gasteiger partial charge in [-0.3, -0.25) is 0 Å². The van der Waals surface area contributed by atoms with E-state index < -0.39 is 4.87 Å². The van der Waals surface area contributed by atoms with Gasteiger partial charge >= 0.3 is 0 Å². The van der Waals surface area contributed by atoms with Gasteiger partial charge in [-0.25, -0.2) is 0 Å². The number of benzene rings is 2. The summed E-state index contributed by atoms with van der Waals surface area (Å²) >= 11 is 12.6. The summed E-state index contributed by atoms with van der Waals surface area (Å²) in [5.74, 6) is 0.925. The van der Waals surface area contributed by atoms with Gasteiger partial charge in [-0.05, 0) is 36.3 Å². The molecule has 2 aromatic rings. The molecule has 0 amide bonds. The van der Waals surface area contributed by atoms with Crippen molar-refractivity contribution >= 4 is 34.0 Å². The van der Waals surface area contributed by atoms with E-state index in [0.717, 1.165) is 17.2 Å². The van der Waals surface area contributed by atoms with Crippen molar-refractivity contribution in [1.82, 2.24) is 5.32 Å². The van der Waals surface area contributed by atoms with Crippen LogP contribution in [0.3, 0.4) is 0 Å². The van der Waals surface area contributed by atoms with Crippen LogP contribution >= 0.6 is 23.2 Å². The first-order chi connectivity index (χ1) is 11.6. The Hall–Kier alpha value is -1.48. The summed E-state index contributed by atoms with van der Waals surface area (Å²) < 4.78 is 5.81. The van der Waals surface area contributed by atoms with E-state index in [-0.39, 0.29) is 0 Å². The van der Waals surface area contributed by atoms with Crippen LogP contribution in [-0.4, -0.2) is 18.0 Å². The zero-order valence-corrected chi connectivity index (χ0v) is 15.2. The molecule has 2 aromatic carbocycles. The second kappa shape index (κ2) is 7.60. The second-order valence-corrected chi connectivity index (χ2v) is 7.15. The predicted octanol–water partition coefficient (Wildman–Crippen LogP) is 5.39. The number of rotatable bonds is 6. The molecule has 2 nitrogen and oxygen atoms in total. The molecule has 0 saturated carbocycles. The van der Waals surface area contributed by atoms with Crippen LogP contribution in [0.4, 0.5) is 0 Å². The Morgan fingerprint density at radius 2 is 2.04 bits per heavy atom. The van der Waals surface area contributed by atoms with E-state index >= 15 is 0 Å². The lowest BCUT2D eigenvalue weighted by Crippen LogP contribution is -2.34. The monoisotopic (exact) mass is 361 g/mol. The average molecular weight is 362 g/mol. The molecule has 1 unspecified atom stereocenters. The zero-order valence-electron chi connectivity index (χ0n) is 13.7. The third-order valence-corrected chi connectivity index (χ3v) is 4.89. The summed E-state index contributed by atoms with van der Waals surface area (Å²) in [5, 5.41) is 6.65. The van der Waals surface area contributed by atoms with E-state index in [1.807, 2.05) is 31.2 Å². The third-order valence-electron chi connectivity index (χ3n) is 4.20. The maximum atomic E-state index is 6.64. The first-order valence-electron chi connectivity index (χ1n) is 8.19. The van der Waals surface area contributed by atoms with Crippen LogP contribution in [0.2, 0.25) is 0 Å². The Bertz CT molecular complexity index is 784. The van der Waals surface area contributed by atoms with Crippen molar-refractivity contribution < 1.29 is 4.74 Å². The molecule has 24 heavy (non-hydrogen) atoms. The molecule has 0 heterocycles. The molecule has 3 rings (SSSR count). The van der Waals surface area contributed by atoms with Gasteiger partial charge in [-0.1, -0.05) is 54.1 Å². The van der Waals surface area contributed by atoms with Crippen LogP contribution < -0.4 is 10.1 Å². The Morgan fingerprint density at radius 1 is 1.21 bits per heavy atom. The van der Waals surface area contributed by atoms with Crippen molar-refractivity contribution in [2.75, 3.05) is 13.2 Å². The Kier molecular flexibility index (Phi) is 5.50. The van der Waals surface area contributed by atoms with E-state index in [0.29, 0.717) is 19.7 Å². The van der Waals surface area contributed by atoms with Crippen molar-refractivity contribution in [1.29, 1.82) is 0 Å². The molecule has 0 spiro atoms. The summed E-state index contributed by atoms with van der Waals surface area (Å²) in [5.41, 5.74) is 1.17. The van der Waals surface area contributed by atoms with Crippen molar-refractivity contribution in [3.8, 4) is 5.75 Å². The molecule has 126 valence electrons. The minimum absolute atomic E-state index is 0.422. The molecule has 1 aliphatic rings. The summed E-state index contributed by atoms with van der Waals surface area (Å²) in [4.78, 5) is -0.422. The Morgan fingerprint density at radius 3 is 2.79 bits per heavy atom. The molecule has 1 N–H and O–H groups in total. The van der Waals surface area contributed by atoms with Crippen LogP contribution in [-0.2, 0) is 6.54 Å². The van der Waals surface area contributed by atoms with Crippen molar-refractivity contribution in [3.05, 3.63) is 65.2 Å². The molecule has 0 radical (unpaired) electrons. The SMILES string of the molecule is CCOc1ccc2ccccc2c1CNCC1(Cl)C=CC(Cl)=CC1. The number of nitrogens with one attached hydrogen (secondary N) is 1. The summed E-state index contributed by atoms with van der Waals surface area (Å²) in [7, 11) is 0. The molecule has 0 aliphatic heterocycles. The fourth-order valence-electron chi connectivity index (χ4n) is 2.95. The lowest BCUT2D eigenvalue weighted by atomic mass is 9.99. The van der Waals surface area contributed by atoms with Gasteiger partial charge in [0.25, 0.3) is 0 Å². The average Bonchev–Trinajstić information content (AvgIpc) is 2.60. The number of alkyl halides is 1. The Labute approximate surface area is 153 Å².